The Bertz CT molecular complexity index is 223. The van der Waals surface area contributed by atoms with Crippen LogP contribution in [0.25, 0.3) is 0 Å². The monoisotopic (exact) mass is 389 g/mol. The van der Waals surface area contributed by atoms with Crippen LogP contribution in [0.3, 0.4) is 0 Å². The number of amides is 1. The van der Waals surface area contributed by atoms with Gasteiger partial charge in [0.05, 0.1) is 0 Å². The molecule has 16 heavy (non-hydrogen) atoms. The van der Waals surface area contributed by atoms with Crippen LogP contribution in [0.5, 0.6) is 0 Å². The Hall–Kier alpha value is 0.623. The van der Waals surface area contributed by atoms with Gasteiger partial charge in [0, 0.05) is 0 Å². The molecule has 0 radical (unpaired) electrons. The van der Waals surface area contributed by atoms with Crippen molar-refractivity contribution in [2.45, 2.75) is 44.2 Å². The van der Waals surface area contributed by atoms with Gasteiger partial charge < -0.3 is 24.0 Å². The van der Waals surface area contributed by atoms with Crippen molar-refractivity contribution in [3.63, 3.8) is 0 Å². The zero-order valence-electron chi connectivity index (χ0n) is 10.5. The number of carbonyl (C=O) groups excluding carboxylic acids is 1. The first-order chi connectivity index (χ1) is 6.92. The normalized spacial score (nSPS) is 17.9. The SMILES string of the molecule is CC(C)(C)OC(=O)N1CCC([CH2][Zn+])CC1.[I-]. The van der Waals surface area contributed by atoms with Crippen LogP contribution in [0.2, 0.25) is 5.02 Å². The summed E-state index contributed by atoms with van der Waals surface area (Å²) in [5.41, 5.74) is -0.370. The minimum atomic E-state index is -0.370. The van der Waals surface area contributed by atoms with Gasteiger partial charge in [0.15, 0.2) is 0 Å². The van der Waals surface area contributed by atoms with E-state index >= 15 is 0 Å². The first-order valence-corrected chi connectivity index (χ1v) is 7.79. The molecule has 0 aromatic carbocycles. The Labute approximate surface area is 125 Å². The van der Waals surface area contributed by atoms with Gasteiger partial charge in [-0.3, -0.25) is 0 Å². The molecule has 3 nitrogen and oxygen atoms in total. The molecule has 0 saturated carbocycles. The van der Waals surface area contributed by atoms with E-state index < -0.39 is 0 Å². The van der Waals surface area contributed by atoms with Gasteiger partial charge in [-0.05, 0) is 0 Å². The van der Waals surface area contributed by atoms with Crippen molar-refractivity contribution in [1.82, 2.24) is 4.90 Å². The molecule has 5 heteroatoms. The number of ether oxygens (including phenoxy) is 1. The van der Waals surface area contributed by atoms with Crippen LogP contribution in [0.15, 0.2) is 0 Å². The summed E-state index contributed by atoms with van der Waals surface area (Å²) in [7, 11) is 0. The Balaban J connectivity index is 0.00000225. The molecule has 1 aliphatic rings. The topological polar surface area (TPSA) is 29.5 Å². The number of piperidine rings is 1. The van der Waals surface area contributed by atoms with E-state index in [1.807, 2.05) is 25.7 Å². The Morgan fingerprint density at radius 1 is 1.38 bits per heavy atom. The van der Waals surface area contributed by atoms with Crippen molar-refractivity contribution in [3.8, 4) is 0 Å². The van der Waals surface area contributed by atoms with E-state index in [2.05, 4.69) is 0 Å². The van der Waals surface area contributed by atoms with Gasteiger partial charge >= 0.3 is 102 Å². The summed E-state index contributed by atoms with van der Waals surface area (Å²) in [4.78, 5) is 13.6. The third kappa shape index (κ3) is 5.80. The molecule has 0 aromatic heterocycles. The maximum absolute atomic E-state index is 11.7. The second-order valence-corrected chi connectivity index (χ2v) is 6.41. The molecular formula is C11H20INO2Zn. The smallest absolute Gasteiger partial charge is 1.00 e. The van der Waals surface area contributed by atoms with E-state index in [-0.39, 0.29) is 35.7 Å². The molecule has 1 rings (SSSR count). The summed E-state index contributed by atoms with van der Waals surface area (Å²) in [6.45, 7) is 7.48. The molecule has 1 heterocycles. The zero-order chi connectivity index (χ0) is 11.5. The second-order valence-electron chi connectivity index (χ2n) is 5.20. The Morgan fingerprint density at radius 3 is 2.25 bits per heavy atom. The van der Waals surface area contributed by atoms with Gasteiger partial charge in [-0.2, -0.15) is 0 Å². The van der Waals surface area contributed by atoms with Crippen molar-refractivity contribution in [2.75, 3.05) is 13.1 Å². The first kappa shape index (κ1) is 16.6. The molecule has 1 amide bonds. The van der Waals surface area contributed by atoms with Crippen LogP contribution < -0.4 is 24.0 Å². The minimum Gasteiger partial charge on any atom is -1.00 e. The maximum atomic E-state index is 11.7. The van der Waals surface area contributed by atoms with Crippen molar-refractivity contribution in [1.29, 1.82) is 0 Å². The van der Waals surface area contributed by atoms with Gasteiger partial charge in [-0.25, -0.2) is 0 Å². The van der Waals surface area contributed by atoms with Crippen molar-refractivity contribution in [3.05, 3.63) is 0 Å². The fourth-order valence-corrected chi connectivity index (χ4v) is 2.94. The van der Waals surface area contributed by atoms with Gasteiger partial charge in [0.1, 0.15) is 0 Å². The van der Waals surface area contributed by atoms with Gasteiger partial charge in [-0.1, -0.05) is 0 Å². The van der Waals surface area contributed by atoms with Gasteiger partial charge in [0.2, 0.25) is 0 Å². The Kier molecular flexibility index (Phi) is 7.42. The molecule has 0 unspecified atom stereocenters. The average Bonchev–Trinajstić information content (AvgIpc) is 2.15. The standard InChI is InChI=1S/C11H20NO2.HI.Zn/c1-9-5-7-12(8-6-9)10(13)14-11(2,3)4;;/h9H,1,5-8H2,2-4H3;1H;/q;;+1/p-1. The van der Waals surface area contributed by atoms with E-state index in [4.69, 9.17) is 4.74 Å². The number of nitrogens with zero attached hydrogens (tertiary/aromatic N) is 1. The maximum Gasteiger partial charge on any atom is -1.00 e. The van der Waals surface area contributed by atoms with Gasteiger partial charge in [0.25, 0.3) is 0 Å². The predicted molar refractivity (Wildman–Crippen MR) is 55.3 cm³/mol. The fraction of sp³-hybridized carbons (Fsp3) is 0.909. The van der Waals surface area contributed by atoms with Crippen LogP contribution in [0.1, 0.15) is 33.6 Å². The molecular weight excluding hydrogens is 370 g/mol. The Morgan fingerprint density at radius 2 is 1.88 bits per heavy atom. The molecule has 0 spiro atoms. The van der Waals surface area contributed by atoms with E-state index in [1.165, 1.54) is 23.3 Å². The van der Waals surface area contributed by atoms with Crippen molar-refractivity contribution >= 4 is 6.09 Å². The van der Waals surface area contributed by atoms with Crippen LogP contribution in [0.4, 0.5) is 4.79 Å². The third-order valence-corrected chi connectivity index (χ3v) is 4.39. The van der Waals surface area contributed by atoms with E-state index in [0.717, 1.165) is 31.8 Å². The minimum absolute atomic E-state index is 0. The molecule has 0 atom stereocenters. The summed E-state index contributed by atoms with van der Waals surface area (Å²) in [5.74, 6) is 0.851. The predicted octanol–water partition coefficient (Wildman–Crippen LogP) is -0.397. The molecule has 1 aliphatic heterocycles. The van der Waals surface area contributed by atoms with Crippen molar-refractivity contribution < 1.29 is 51.8 Å². The fourth-order valence-electron chi connectivity index (χ4n) is 1.73. The van der Waals surface area contributed by atoms with E-state index in [0.29, 0.717) is 0 Å². The molecule has 1 saturated heterocycles. The van der Waals surface area contributed by atoms with Crippen LogP contribution in [-0.4, -0.2) is 29.7 Å². The summed E-state index contributed by atoms with van der Waals surface area (Å²) in [5, 5.41) is 1.35. The summed E-state index contributed by atoms with van der Waals surface area (Å²) in [6.07, 6.45) is 2.16. The number of hydrogen-bond acceptors (Lipinski definition) is 2. The molecule has 0 N–H and O–H groups in total. The number of likely N-dealkylation sites (tertiary alicyclic amines) is 1. The average molecular weight is 391 g/mol. The van der Waals surface area contributed by atoms with Gasteiger partial charge in [-0.15, -0.1) is 0 Å². The molecule has 1 fully saturated rings. The first-order valence-electron chi connectivity index (χ1n) is 5.69. The molecule has 0 bridgehead atoms. The van der Waals surface area contributed by atoms with E-state index in [9.17, 15) is 4.79 Å². The summed E-state index contributed by atoms with van der Waals surface area (Å²) in [6, 6.07) is 0. The molecule has 0 aliphatic carbocycles. The largest absolute Gasteiger partial charge is 1.00 e. The quantitative estimate of drug-likeness (QED) is 0.451. The second kappa shape index (κ2) is 7.15. The number of rotatable bonds is 1. The molecule has 90 valence electrons. The number of carbonyl (C=O) groups is 1. The zero-order valence-corrected chi connectivity index (χ0v) is 15.6. The van der Waals surface area contributed by atoms with E-state index in [1.54, 1.807) is 0 Å². The van der Waals surface area contributed by atoms with Crippen LogP contribution in [-0.2, 0) is 23.0 Å². The third-order valence-electron chi connectivity index (χ3n) is 2.67. The number of hydrogen-bond donors (Lipinski definition) is 0. The molecule has 0 aromatic rings. The summed E-state index contributed by atoms with van der Waals surface area (Å²) >= 11 is 1.37. The summed E-state index contributed by atoms with van der Waals surface area (Å²) < 4.78 is 5.34. The van der Waals surface area contributed by atoms with Crippen LogP contribution in [0, 0.1) is 5.92 Å². The number of halogens is 1. The van der Waals surface area contributed by atoms with Crippen molar-refractivity contribution in [2.24, 2.45) is 5.92 Å². The van der Waals surface area contributed by atoms with Crippen LogP contribution >= 0.6 is 0 Å².